The van der Waals surface area contributed by atoms with Crippen molar-refractivity contribution >= 4 is 11.6 Å². The van der Waals surface area contributed by atoms with Gasteiger partial charge in [0.2, 0.25) is 5.91 Å². The molecule has 1 heterocycles. The van der Waals surface area contributed by atoms with E-state index in [4.69, 9.17) is 0 Å². The number of benzene rings is 1. The van der Waals surface area contributed by atoms with Gasteiger partial charge in [0.1, 0.15) is 6.54 Å². The zero-order chi connectivity index (χ0) is 17.2. The maximum atomic E-state index is 12.9. The zero-order valence-corrected chi connectivity index (χ0v) is 12.4. The Kier molecular flexibility index (Phi) is 4.53. The van der Waals surface area contributed by atoms with Gasteiger partial charge in [-0.15, -0.1) is 0 Å². The number of carbonyl (C=O) groups is 1. The standard InChI is InChI=1S/C15H14F3N3O2/c1-9-7-14(23)21(20-10(9)2)8-13(22)19-12-6-4-3-5-11(12)15(16,17)18/h3-7H,8H2,1-2H3,(H,19,22). The molecule has 0 fully saturated rings. The van der Waals surface area contributed by atoms with Gasteiger partial charge in [-0.2, -0.15) is 18.3 Å². The van der Waals surface area contributed by atoms with Gasteiger partial charge >= 0.3 is 6.18 Å². The maximum absolute atomic E-state index is 12.9. The van der Waals surface area contributed by atoms with Crippen molar-refractivity contribution in [1.82, 2.24) is 9.78 Å². The third kappa shape index (κ3) is 3.97. The van der Waals surface area contributed by atoms with Gasteiger partial charge in [-0.1, -0.05) is 12.1 Å². The van der Waals surface area contributed by atoms with Crippen molar-refractivity contribution in [3.05, 3.63) is 57.5 Å². The summed E-state index contributed by atoms with van der Waals surface area (Å²) in [7, 11) is 0. The SMILES string of the molecule is Cc1cc(=O)n(CC(=O)Nc2ccccc2C(F)(F)F)nc1C. The highest BCUT2D eigenvalue weighted by atomic mass is 19.4. The van der Waals surface area contributed by atoms with Gasteiger partial charge in [0.05, 0.1) is 16.9 Å². The Balaban J connectivity index is 2.22. The highest BCUT2D eigenvalue weighted by Crippen LogP contribution is 2.34. The number of nitrogens with one attached hydrogen (secondary N) is 1. The highest BCUT2D eigenvalue weighted by molar-refractivity contribution is 5.91. The van der Waals surface area contributed by atoms with E-state index in [1.165, 1.54) is 18.2 Å². The van der Waals surface area contributed by atoms with Crippen LogP contribution in [0.25, 0.3) is 0 Å². The minimum Gasteiger partial charge on any atom is -0.324 e. The lowest BCUT2D eigenvalue weighted by molar-refractivity contribution is -0.137. The summed E-state index contributed by atoms with van der Waals surface area (Å²) in [6.07, 6.45) is -4.58. The van der Waals surface area contributed by atoms with E-state index in [-0.39, 0.29) is 5.69 Å². The predicted octanol–water partition coefficient (Wildman–Crippen LogP) is 2.52. The fraction of sp³-hybridized carbons (Fsp3) is 0.267. The first-order valence-electron chi connectivity index (χ1n) is 6.70. The summed E-state index contributed by atoms with van der Waals surface area (Å²) in [4.78, 5) is 23.7. The third-order valence-corrected chi connectivity index (χ3v) is 3.24. The normalized spacial score (nSPS) is 11.3. The van der Waals surface area contributed by atoms with Crippen LogP contribution in [-0.2, 0) is 17.5 Å². The summed E-state index contributed by atoms with van der Waals surface area (Å²) in [6, 6.07) is 5.95. The van der Waals surface area contributed by atoms with Crippen LogP contribution < -0.4 is 10.9 Å². The van der Waals surface area contributed by atoms with Crippen molar-refractivity contribution in [2.45, 2.75) is 26.6 Å². The average Bonchev–Trinajstić information content (AvgIpc) is 2.44. The first-order chi connectivity index (χ1) is 10.7. The molecule has 2 rings (SSSR count). The second kappa shape index (κ2) is 6.23. The lowest BCUT2D eigenvalue weighted by Crippen LogP contribution is -2.30. The topological polar surface area (TPSA) is 64.0 Å². The smallest absolute Gasteiger partial charge is 0.324 e. The number of halogens is 3. The summed E-state index contributed by atoms with van der Waals surface area (Å²) >= 11 is 0. The van der Waals surface area contributed by atoms with Crippen LogP contribution >= 0.6 is 0 Å². The molecule has 0 aliphatic heterocycles. The van der Waals surface area contributed by atoms with E-state index in [0.717, 1.165) is 16.8 Å². The van der Waals surface area contributed by atoms with Crippen molar-refractivity contribution in [3.63, 3.8) is 0 Å². The van der Waals surface area contributed by atoms with Crippen LogP contribution in [0.15, 0.2) is 35.1 Å². The van der Waals surface area contributed by atoms with Crippen molar-refractivity contribution in [2.75, 3.05) is 5.32 Å². The van der Waals surface area contributed by atoms with Crippen LogP contribution in [0.1, 0.15) is 16.8 Å². The lowest BCUT2D eigenvalue weighted by atomic mass is 10.1. The van der Waals surface area contributed by atoms with Crippen LogP contribution in [0.3, 0.4) is 0 Å². The molecule has 0 saturated carbocycles. The molecule has 23 heavy (non-hydrogen) atoms. The van der Waals surface area contributed by atoms with Gasteiger partial charge in [0, 0.05) is 6.07 Å². The van der Waals surface area contributed by atoms with Gasteiger partial charge in [0.15, 0.2) is 0 Å². The first kappa shape index (κ1) is 16.7. The van der Waals surface area contributed by atoms with E-state index in [9.17, 15) is 22.8 Å². The summed E-state index contributed by atoms with van der Waals surface area (Å²) < 4.78 is 39.5. The molecule has 0 radical (unpaired) electrons. The molecule has 1 aromatic heterocycles. The summed E-state index contributed by atoms with van der Waals surface area (Å²) in [5.41, 5.74) is -0.565. The number of para-hydroxylation sites is 1. The van der Waals surface area contributed by atoms with Crippen molar-refractivity contribution in [3.8, 4) is 0 Å². The van der Waals surface area contributed by atoms with Crippen LogP contribution in [-0.4, -0.2) is 15.7 Å². The Labute approximate surface area is 129 Å². The van der Waals surface area contributed by atoms with Gasteiger partial charge in [-0.25, -0.2) is 4.68 Å². The summed E-state index contributed by atoms with van der Waals surface area (Å²) in [5, 5.41) is 6.11. The van der Waals surface area contributed by atoms with Gasteiger partial charge in [-0.3, -0.25) is 9.59 Å². The van der Waals surface area contributed by atoms with Crippen molar-refractivity contribution < 1.29 is 18.0 Å². The molecular formula is C15H14F3N3O2. The number of nitrogens with zero attached hydrogens (tertiary/aromatic N) is 2. The molecule has 0 atom stereocenters. The van der Waals surface area contributed by atoms with Gasteiger partial charge < -0.3 is 5.32 Å². The number of hydrogen-bond donors (Lipinski definition) is 1. The monoisotopic (exact) mass is 325 g/mol. The molecule has 1 amide bonds. The van der Waals surface area contributed by atoms with Crippen molar-refractivity contribution in [2.24, 2.45) is 0 Å². The van der Waals surface area contributed by atoms with Crippen LogP contribution in [0, 0.1) is 13.8 Å². The lowest BCUT2D eigenvalue weighted by Gasteiger charge is -2.14. The molecule has 2 aromatic rings. The molecule has 8 heteroatoms. The van der Waals surface area contributed by atoms with E-state index < -0.39 is 29.8 Å². The van der Waals surface area contributed by atoms with Crippen LogP contribution in [0.5, 0.6) is 0 Å². The Morgan fingerprint density at radius 3 is 2.57 bits per heavy atom. The summed E-state index contributed by atoms with van der Waals surface area (Å²) in [5.74, 6) is -0.764. The van der Waals surface area contributed by atoms with E-state index in [2.05, 4.69) is 10.4 Å². The third-order valence-electron chi connectivity index (χ3n) is 3.24. The Morgan fingerprint density at radius 1 is 1.26 bits per heavy atom. The number of aryl methyl sites for hydroxylation is 2. The molecule has 0 aliphatic carbocycles. The van der Waals surface area contributed by atoms with E-state index in [1.807, 2.05) is 0 Å². The minimum absolute atomic E-state index is 0.359. The Hall–Kier alpha value is -2.64. The number of rotatable bonds is 3. The molecule has 122 valence electrons. The predicted molar refractivity (Wildman–Crippen MR) is 78.0 cm³/mol. The number of amides is 1. The fourth-order valence-electron chi connectivity index (χ4n) is 1.95. The van der Waals surface area contributed by atoms with E-state index in [0.29, 0.717) is 11.3 Å². The molecule has 0 saturated heterocycles. The Morgan fingerprint density at radius 2 is 1.91 bits per heavy atom. The molecule has 0 bridgehead atoms. The maximum Gasteiger partial charge on any atom is 0.418 e. The zero-order valence-electron chi connectivity index (χ0n) is 12.4. The highest BCUT2D eigenvalue weighted by Gasteiger charge is 2.33. The molecule has 5 nitrogen and oxygen atoms in total. The van der Waals surface area contributed by atoms with Gasteiger partial charge in [0.25, 0.3) is 5.56 Å². The summed E-state index contributed by atoms with van der Waals surface area (Å²) in [6.45, 7) is 2.90. The van der Waals surface area contributed by atoms with E-state index in [1.54, 1.807) is 13.8 Å². The number of anilines is 1. The number of aromatic nitrogens is 2. The molecule has 0 aliphatic rings. The quantitative estimate of drug-likeness (QED) is 0.943. The molecular weight excluding hydrogens is 311 g/mol. The van der Waals surface area contributed by atoms with Crippen molar-refractivity contribution in [1.29, 1.82) is 0 Å². The number of hydrogen-bond acceptors (Lipinski definition) is 3. The van der Waals surface area contributed by atoms with Crippen LogP contribution in [0.4, 0.5) is 18.9 Å². The largest absolute Gasteiger partial charge is 0.418 e. The molecule has 0 unspecified atom stereocenters. The second-order valence-corrected chi connectivity index (χ2v) is 5.00. The molecule has 1 N–H and O–H groups in total. The van der Waals surface area contributed by atoms with Gasteiger partial charge in [-0.05, 0) is 31.5 Å². The molecule has 1 aromatic carbocycles. The fourth-order valence-corrected chi connectivity index (χ4v) is 1.95. The van der Waals surface area contributed by atoms with E-state index >= 15 is 0 Å². The number of alkyl halides is 3. The first-order valence-corrected chi connectivity index (χ1v) is 6.70. The van der Waals surface area contributed by atoms with Crippen LogP contribution in [0.2, 0.25) is 0 Å². The number of carbonyl (C=O) groups excluding carboxylic acids is 1. The minimum atomic E-state index is -4.58. The second-order valence-electron chi connectivity index (χ2n) is 5.00. The Bertz CT molecular complexity index is 797. The average molecular weight is 325 g/mol. The molecule has 0 spiro atoms.